The van der Waals surface area contributed by atoms with Gasteiger partial charge in [-0.1, -0.05) is 0 Å². The van der Waals surface area contributed by atoms with E-state index in [0.717, 1.165) is 24.3 Å². The van der Waals surface area contributed by atoms with Gasteiger partial charge in [-0.3, -0.25) is 4.79 Å². The first-order chi connectivity index (χ1) is 10.6. The summed E-state index contributed by atoms with van der Waals surface area (Å²) >= 11 is 0. The first-order valence-electron chi connectivity index (χ1n) is 6.30. The Labute approximate surface area is 124 Å². The first kappa shape index (κ1) is 15.4. The molecule has 1 N–H and O–H groups in total. The van der Waals surface area contributed by atoms with Crippen molar-refractivity contribution in [3.05, 3.63) is 47.0 Å². The van der Waals surface area contributed by atoms with Crippen molar-refractivity contribution >= 4 is 28.1 Å². The van der Waals surface area contributed by atoms with Crippen molar-refractivity contribution < 1.29 is 31.1 Å². The van der Waals surface area contributed by atoms with E-state index in [0.29, 0.717) is 6.07 Å². The van der Waals surface area contributed by atoms with Crippen molar-refractivity contribution in [1.82, 2.24) is 4.98 Å². The monoisotopic (exact) mass is 331 g/mol. The molecule has 3 aromatic rings. The van der Waals surface area contributed by atoms with Crippen LogP contribution in [-0.2, 0) is 12.4 Å². The Balaban J connectivity index is 2.41. The summed E-state index contributed by atoms with van der Waals surface area (Å²) in [5.74, 6) is 0. The van der Waals surface area contributed by atoms with Crippen molar-refractivity contribution in [2.75, 3.05) is 0 Å². The van der Waals surface area contributed by atoms with Gasteiger partial charge in [0, 0.05) is 21.9 Å². The third-order valence-corrected chi connectivity index (χ3v) is 3.52. The summed E-state index contributed by atoms with van der Waals surface area (Å²) in [5, 5.41) is -0.105. The number of H-pyrrole nitrogens is 1. The number of hydrogen-bond donors (Lipinski definition) is 1. The first-order valence-corrected chi connectivity index (χ1v) is 6.30. The molecule has 0 amide bonds. The van der Waals surface area contributed by atoms with Crippen LogP contribution in [0.25, 0.3) is 21.8 Å². The van der Waals surface area contributed by atoms with Gasteiger partial charge in [-0.15, -0.1) is 0 Å². The lowest BCUT2D eigenvalue weighted by molar-refractivity contribution is -0.138. The molecule has 8 heteroatoms. The average Bonchev–Trinajstić information content (AvgIpc) is 2.82. The fourth-order valence-electron chi connectivity index (χ4n) is 2.46. The number of rotatable bonds is 1. The SMILES string of the molecule is O=Cc1cc(C(F)(F)F)cc2c1[nH]c1ccc(C(F)(F)F)cc12. The predicted molar refractivity (Wildman–Crippen MR) is 71.2 cm³/mol. The van der Waals surface area contributed by atoms with E-state index in [1.807, 2.05) is 0 Å². The van der Waals surface area contributed by atoms with Crippen LogP contribution in [0.1, 0.15) is 21.5 Å². The number of alkyl halides is 6. The number of benzene rings is 2. The number of nitrogens with one attached hydrogen (secondary N) is 1. The molecule has 23 heavy (non-hydrogen) atoms. The summed E-state index contributed by atoms with van der Waals surface area (Å²) in [6, 6.07) is 4.11. The Morgan fingerprint density at radius 2 is 1.43 bits per heavy atom. The van der Waals surface area contributed by atoms with Crippen LogP contribution in [0, 0.1) is 0 Å². The Morgan fingerprint density at radius 1 is 0.826 bits per heavy atom. The number of carbonyl (C=O) groups excluding carboxylic acids is 1. The molecule has 0 fully saturated rings. The minimum atomic E-state index is -4.71. The molecule has 0 atom stereocenters. The lowest BCUT2D eigenvalue weighted by Gasteiger charge is -2.08. The number of fused-ring (bicyclic) bond motifs is 3. The van der Waals surface area contributed by atoms with Gasteiger partial charge >= 0.3 is 12.4 Å². The predicted octanol–water partition coefficient (Wildman–Crippen LogP) is 5.17. The topological polar surface area (TPSA) is 32.9 Å². The molecule has 0 unspecified atom stereocenters. The summed E-state index contributed by atoms with van der Waals surface area (Å²) in [6.07, 6.45) is -9.10. The highest BCUT2D eigenvalue weighted by Crippen LogP contribution is 2.38. The van der Waals surface area contributed by atoms with Crippen molar-refractivity contribution in [2.45, 2.75) is 12.4 Å². The Kier molecular flexibility index (Phi) is 3.17. The van der Waals surface area contributed by atoms with Crippen LogP contribution < -0.4 is 0 Å². The molecule has 1 aromatic heterocycles. The van der Waals surface area contributed by atoms with E-state index in [1.54, 1.807) is 0 Å². The number of hydrogen-bond acceptors (Lipinski definition) is 1. The zero-order valence-electron chi connectivity index (χ0n) is 11.1. The molecule has 0 saturated heterocycles. The molecule has 2 aromatic carbocycles. The molecule has 0 bridgehead atoms. The zero-order valence-corrected chi connectivity index (χ0v) is 11.1. The molecule has 2 nitrogen and oxygen atoms in total. The maximum Gasteiger partial charge on any atom is 0.416 e. The van der Waals surface area contributed by atoms with E-state index in [4.69, 9.17) is 0 Å². The van der Waals surface area contributed by atoms with Gasteiger partial charge in [-0.2, -0.15) is 26.3 Å². The highest BCUT2D eigenvalue weighted by molar-refractivity contribution is 6.12. The minimum absolute atomic E-state index is 0.0241. The largest absolute Gasteiger partial charge is 0.416 e. The molecule has 3 rings (SSSR count). The second-order valence-corrected chi connectivity index (χ2v) is 4.99. The zero-order chi connectivity index (χ0) is 17.0. The van der Waals surface area contributed by atoms with Crippen LogP contribution in [0.5, 0.6) is 0 Å². The van der Waals surface area contributed by atoms with E-state index in [1.165, 1.54) is 0 Å². The lowest BCUT2D eigenvalue weighted by atomic mass is 10.0. The highest BCUT2D eigenvalue weighted by Gasteiger charge is 2.33. The third-order valence-electron chi connectivity index (χ3n) is 3.52. The fourth-order valence-corrected chi connectivity index (χ4v) is 2.46. The van der Waals surface area contributed by atoms with E-state index in [9.17, 15) is 31.1 Å². The van der Waals surface area contributed by atoms with Crippen LogP contribution in [-0.4, -0.2) is 11.3 Å². The van der Waals surface area contributed by atoms with E-state index >= 15 is 0 Å². The Morgan fingerprint density at radius 3 is 2.00 bits per heavy atom. The van der Waals surface area contributed by atoms with Crippen molar-refractivity contribution in [1.29, 1.82) is 0 Å². The fraction of sp³-hybridized carbons (Fsp3) is 0.133. The van der Waals surface area contributed by atoms with E-state index in [-0.39, 0.29) is 33.7 Å². The van der Waals surface area contributed by atoms with Crippen LogP contribution in [0.3, 0.4) is 0 Å². The van der Waals surface area contributed by atoms with Crippen molar-refractivity contribution in [3.63, 3.8) is 0 Å². The lowest BCUT2D eigenvalue weighted by Crippen LogP contribution is -2.05. The normalized spacial score (nSPS) is 13.0. The number of carbonyl (C=O) groups is 1. The van der Waals surface area contributed by atoms with Gasteiger partial charge in [0.1, 0.15) is 0 Å². The minimum Gasteiger partial charge on any atom is -0.354 e. The van der Waals surface area contributed by atoms with Crippen LogP contribution in [0.15, 0.2) is 30.3 Å². The molecule has 0 radical (unpaired) electrons. The van der Waals surface area contributed by atoms with E-state index < -0.39 is 23.5 Å². The summed E-state index contributed by atoms with van der Waals surface area (Å²) in [6.45, 7) is 0. The molecule has 0 aliphatic carbocycles. The third kappa shape index (κ3) is 2.54. The molecule has 120 valence electrons. The molecule has 0 aliphatic heterocycles. The van der Waals surface area contributed by atoms with Gasteiger partial charge in [0.2, 0.25) is 0 Å². The smallest absolute Gasteiger partial charge is 0.354 e. The summed E-state index contributed by atoms with van der Waals surface area (Å²) in [7, 11) is 0. The maximum atomic E-state index is 12.9. The molecule has 1 heterocycles. The van der Waals surface area contributed by atoms with Gasteiger partial charge in [0.25, 0.3) is 0 Å². The second-order valence-electron chi connectivity index (χ2n) is 4.99. The van der Waals surface area contributed by atoms with Gasteiger partial charge in [0.05, 0.1) is 16.6 Å². The second kappa shape index (κ2) is 4.74. The Hall–Kier alpha value is -2.51. The van der Waals surface area contributed by atoms with Crippen LogP contribution >= 0.6 is 0 Å². The van der Waals surface area contributed by atoms with Crippen LogP contribution in [0.2, 0.25) is 0 Å². The molecular formula is C15H7F6NO. The summed E-state index contributed by atoms with van der Waals surface area (Å²) < 4.78 is 77.1. The van der Waals surface area contributed by atoms with Gasteiger partial charge < -0.3 is 4.98 Å². The maximum absolute atomic E-state index is 12.9. The number of aromatic nitrogens is 1. The quantitative estimate of drug-likeness (QED) is 0.484. The number of halogens is 6. The molecule has 0 spiro atoms. The summed E-state index contributed by atoms with van der Waals surface area (Å²) in [5.41, 5.74) is -2.04. The number of aromatic amines is 1. The Bertz CT molecular complexity index is 919. The van der Waals surface area contributed by atoms with Gasteiger partial charge in [-0.25, -0.2) is 0 Å². The van der Waals surface area contributed by atoms with Crippen molar-refractivity contribution in [2.24, 2.45) is 0 Å². The van der Waals surface area contributed by atoms with Crippen molar-refractivity contribution in [3.8, 4) is 0 Å². The summed E-state index contributed by atoms with van der Waals surface area (Å²) in [4.78, 5) is 13.7. The highest BCUT2D eigenvalue weighted by atomic mass is 19.4. The molecule has 0 saturated carbocycles. The standard InChI is InChI=1S/C15H7F6NO/c16-14(17,18)8-1-2-12-10(4-8)11-5-9(15(19,20)21)3-7(6-23)13(11)22-12/h1-6,22H. The van der Waals surface area contributed by atoms with Crippen LogP contribution in [0.4, 0.5) is 26.3 Å². The molecule has 0 aliphatic rings. The average molecular weight is 331 g/mol. The van der Waals surface area contributed by atoms with Gasteiger partial charge in [0.15, 0.2) is 6.29 Å². The number of aldehydes is 1. The van der Waals surface area contributed by atoms with E-state index in [2.05, 4.69) is 4.98 Å². The van der Waals surface area contributed by atoms with Gasteiger partial charge in [-0.05, 0) is 30.3 Å². The molecular weight excluding hydrogens is 324 g/mol.